The first-order valence-corrected chi connectivity index (χ1v) is 3.78. The highest BCUT2D eigenvalue weighted by atomic mass is 19.1. The van der Waals surface area contributed by atoms with Crippen LogP contribution in [0.4, 0.5) is 14.5 Å². The Morgan fingerprint density at radius 1 is 1.38 bits per heavy atom. The molecule has 13 heavy (non-hydrogen) atoms. The molecule has 0 aliphatic heterocycles. The van der Waals surface area contributed by atoms with Crippen molar-refractivity contribution < 1.29 is 8.78 Å². The number of benzene rings is 1. The van der Waals surface area contributed by atoms with Crippen molar-refractivity contribution in [3.63, 3.8) is 0 Å². The van der Waals surface area contributed by atoms with Crippen LogP contribution in [0.3, 0.4) is 0 Å². The summed E-state index contributed by atoms with van der Waals surface area (Å²) in [4.78, 5) is 0. The van der Waals surface area contributed by atoms with Gasteiger partial charge in [0.15, 0.2) is 0 Å². The van der Waals surface area contributed by atoms with Crippen LogP contribution in [0, 0.1) is 30.9 Å². The van der Waals surface area contributed by atoms with Crippen LogP contribution in [0.25, 0.3) is 0 Å². The Bertz CT molecular complexity index is 353. The molecule has 0 fully saturated rings. The number of hydrogen-bond acceptors (Lipinski definition) is 1. The SMILES string of the molecule is C#CCNc1cc(F)c(C)cc1F. The van der Waals surface area contributed by atoms with Crippen LogP contribution < -0.4 is 5.32 Å². The lowest BCUT2D eigenvalue weighted by Crippen LogP contribution is -2.02. The Kier molecular flexibility index (Phi) is 2.86. The molecular formula is C10H9F2N. The minimum atomic E-state index is -0.492. The largest absolute Gasteiger partial charge is 0.372 e. The first-order valence-electron chi connectivity index (χ1n) is 3.78. The second-order valence-electron chi connectivity index (χ2n) is 2.64. The Morgan fingerprint density at radius 3 is 2.69 bits per heavy atom. The van der Waals surface area contributed by atoms with E-state index in [1.807, 2.05) is 0 Å². The van der Waals surface area contributed by atoms with Crippen LogP contribution in [0.5, 0.6) is 0 Å². The zero-order valence-corrected chi connectivity index (χ0v) is 7.20. The quantitative estimate of drug-likeness (QED) is 0.690. The minimum absolute atomic E-state index is 0.0982. The van der Waals surface area contributed by atoms with Crippen LogP contribution in [0.1, 0.15) is 5.56 Å². The van der Waals surface area contributed by atoms with Gasteiger partial charge in [0, 0.05) is 6.07 Å². The number of rotatable bonds is 2. The third-order valence-electron chi connectivity index (χ3n) is 1.63. The molecule has 0 unspecified atom stereocenters. The van der Waals surface area contributed by atoms with Crippen molar-refractivity contribution >= 4 is 5.69 Å². The standard InChI is InChI=1S/C10H9F2N/c1-3-4-13-10-6-8(11)7(2)5-9(10)12/h1,5-6,13H,4H2,2H3. The van der Waals surface area contributed by atoms with Gasteiger partial charge in [-0.05, 0) is 18.6 Å². The fraction of sp³-hybridized carbons (Fsp3) is 0.200. The van der Waals surface area contributed by atoms with Gasteiger partial charge in [0.25, 0.3) is 0 Å². The van der Waals surface area contributed by atoms with Gasteiger partial charge in [-0.25, -0.2) is 8.78 Å². The predicted molar refractivity (Wildman–Crippen MR) is 48.4 cm³/mol. The number of halogens is 2. The third-order valence-corrected chi connectivity index (χ3v) is 1.63. The Morgan fingerprint density at radius 2 is 2.08 bits per heavy atom. The molecule has 0 spiro atoms. The maximum Gasteiger partial charge on any atom is 0.146 e. The summed E-state index contributed by atoms with van der Waals surface area (Å²) in [6, 6.07) is 2.23. The summed E-state index contributed by atoms with van der Waals surface area (Å²) in [6.45, 7) is 1.68. The molecule has 0 aliphatic rings. The van der Waals surface area contributed by atoms with Gasteiger partial charge in [-0.15, -0.1) is 6.42 Å². The molecule has 0 saturated heterocycles. The van der Waals surface area contributed by atoms with Crippen LogP contribution in [0.15, 0.2) is 12.1 Å². The van der Waals surface area contributed by atoms with E-state index in [1.165, 1.54) is 6.92 Å². The monoisotopic (exact) mass is 181 g/mol. The molecule has 0 aliphatic carbocycles. The molecule has 0 radical (unpaired) electrons. The van der Waals surface area contributed by atoms with Gasteiger partial charge in [-0.2, -0.15) is 0 Å². The van der Waals surface area contributed by atoms with E-state index in [-0.39, 0.29) is 17.8 Å². The van der Waals surface area contributed by atoms with E-state index in [0.717, 1.165) is 12.1 Å². The van der Waals surface area contributed by atoms with E-state index in [1.54, 1.807) is 0 Å². The Balaban J connectivity index is 2.96. The van der Waals surface area contributed by atoms with Crippen molar-refractivity contribution in [2.45, 2.75) is 6.92 Å². The molecule has 1 aromatic rings. The molecule has 0 amide bonds. The fourth-order valence-electron chi connectivity index (χ4n) is 0.928. The zero-order chi connectivity index (χ0) is 9.84. The molecule has 0 bridgehead atoms. The van der Waals surface area contributed by atoms with Crippen LogP contribution >= 0.6 is 0 Å². The van der Waals surface area contributed by atoms with Gasteiger partial charge in [0.1, 0.15) is 11.6 Å². The summed E-state index contributed by atoms with van der Waals surface area (Å²) < 4.78 is 26.0. The summed E-state index contributed by atoms with van der Waals surface area (Å²) in [6.07, 6.45) is 4.97. The number of aryl methyl sites for hydroxylation is 1. The lowest BCUT2D eigenvalue weighted by Gasteiger charge is -2.05. The second kappa shape index (κ2) is 3.90. The number of anilines is 1. The molecule has 3 heteroatoms. The van der Waals surface area contributed by atoms with Crippen LogP contribution in [-0.2, 0) is 0 Å². The molecule has 1 rings (SSSR count). The first kappa shape index (κ1) is 9.53. The highest BCUT2D eigenvalue weighted by Gasteiger charge is 2.05. The average Bonchev–Trinajstić information content (AvgIpc) is 2.09. The molecular weight excluding hydrogens is 172 g/mol. The number of nitrogens with one attached hydrogen (secondary N) is 1. The Hall–Kier alpha value is -1.56. The third kappa shape index (κ3) is 2.19. The highest BCUT2D eigenvalue weighted by Crippen LogP contribution is 2.18. The van der Waals surface area contributed by atoms with E-state index in [2.05, 4.69) is 11.2 Å². The van der Waals surface area contributed by atoms with Crippen molar-refractivity contribution in [1.82, 2.24) is 0 Å². The van der Waals surface area contributed by atoms with Gasteiger partial charge in [-0.1, -0.05) is 5.92 Å². The lowest BCUT2D eigenvalue weighted by atomic mass is 10.2. The molecule has 0 aromatic heterocycles. The number of terminal acetylenes is 1. The molecule has 0 heterocycles. The minimum Gasteiger partial charge on any atom is -0.372 e. The van der Waals surface area contributed by atoms with E-state index in [0.29, 0.717) is 0 Å². The highest BCUT2D eigenvalue weighted by molar-refractivity contribution is 5.47. The Labute approximate surface area is 75.8 Å². The molecule has 0 atom stereocenters. The van der Waals surface area contributed by atoms with Gasteiger partial charge in [0.05, 0.1) is 12.2 Å². The van der Waals surface area contributed by atoms with E-state index in [9.17, 15) is 8.78 Å². The van der Waals surface area contributed by atoms with Crippen LogP contribution in [-0.4, -0.2) is 6.54 Å². The second-order valence-corrected chi connectivity index (χ2v) is 2.64. The van der Waals surface area contributed by atoms with Crippen molar-refractivity contribution in [2.75, 3.05) is 11.9 Å². The van der Waals surface area contributed by atoms with E-state index < -0.39 is 11.6 Å². The van der Waals surface area contributed by atoms with Crippen molar-refractivity contribution in [3.8, 4) is 12.3 Å². The summed E-state index contributed by atoms with van der Waals surface area (Å²) in [5, 5.41) is 2.58. The van der Waals surface area contributed by atoms with Gasteiger partial charge >= 0.3 is 0 Å². The molecule has 1 nitrogen and oxygen atoms in total. The predicted octanol–water partition coefficient (Wildman–Crippen LogP) is 2.32. The fourth-order valence-corrected chi connectivity index (χ4v) is 0.928. The maximum absolute atomic E-state index is 13.1. The van der Waals surface area contributed by atoms with Crippen molar-refractivity contribution in [2.24, 2.45) is 0 Å². The number of hydrogen-bond donors (Lipinski definition) is 1. The molecule has 1 N–H and O–H groups in total. The van der Waals surface area contributed by atoms with E-state index >= 15 is 0 Å². The van der Waals surface area contributed by atoms with Gasteiger partial charge in [-0.3, -0.25) is 0 Å². The van der Waals surface area contributed by atoms with Crippen molar-refractivity contribution in [3.05, 3.63) is 29.3 Å². The van der Waals surface area contributed by atoms with E-state index in [4.69, 9.17) is 6.42 Å². The summed E-state index contributed by atoms with van der Waals surface area (Å²) in [5.41, 5.74) is 0.379. The van der Waals surface area contributed by atoms with Crippen LogP contribution in [0.2, 0.25) is 0 Å². The topological polar surface area (TPSA) is 12.0 Å². The van der Waals surface area contributed by atoms with Gasteiger partial charge in [0.2, 0.25) is 0 Å². The first-order chi connectivity index (χ1) is 6.15. The average molecular weight is 181 g/mol. The normalized spacial score (nSPS) is 9.38. The summed E-state index contributed by atoms with van der Waals surface area (Å²) in [5.74, 6) is 1.34. The van der Waals surface area contributed by atoms with Gasteiger partial charge < -0.3 is 5.32 Å². The smallest absolute Gasteiger partial charge is 0.146 e. The summed E-state index contributed by atoms with van der Waals surface area (Å²) in [7, 11) is 0. The summed E-state index contributed by atoms with van der Waals surface area (Å²) >= 11 is 0. The lowest BCUT2D eigenvalue weighted by molar-refractivity contribution is 0.595. The maximum atomic E-state index is 13.1. The molecule has 1 aromatic carbocycles. The molecule has 0 saturated carbocycles. The van der Waals surface area contributed by atoms with Crippen molar-refractivity contribution in [1.29, 1.82) is 0 Å². The zero-order valence-electron chi connectivity index (χ0n) is 7.20. The molecule has 68 valence electrons.